The first-order chi connectivity index (χ1) is 16.6. The second-order valence-electron chi connectivity index (χ2n) is 7.99. The fourth-order valence-electron chi connectivity index (χ4n) is 3.95. The van der Waals surface area contributed by atoms with E-state index < -0.39 is 0 Å². The largest absolute Gasteiger partial charge is 0.383 e. The molecule has 172 valence electrons. The van der Waals surface area contributed by atoms with Crippen molar-refractivity contribution in [1.82, 2.24) is 24.6 Å². The van der Waals surface area contributed by atoms with Gasteiger partial charge in [-0.1, -0.05) is 24.3 Å². The number of likely N-dealkylation sites (N-methyl/N-ethyl adjacent to an activating group) is 1. The molecule has 5 aromatic rings. The van der Waals surface area contributed by atoms with Gasteiger partial charge >= 0.3 is 0 Å². The Labute approximate surface area is 202 Å². The third-order valence-electron chi connectivity index (χ3n) is 5.85. The van der Waals surface area contributed by atoms with Crippen LogP contribution in [0.25, 0.3) is 27.8 Å². The highest BCUT2D eigenvalue weighted by Crippen LogP contribution is 2.33. The number of halogens is 1. The number of hydrogen-bond donors (Lipinski definition) is 0. The number of fused-ring (bicyclic) bond motifs is 3. The summed E-state index contributed by atoms with van der Waals surface area (Å²) in [7, 11) is 5.70. The Morgan fingerprint density at radius 3 is 2.62 bits per heavy atom. The van der Waals surface area contributed by atoms with Gasteiger partial charge in [0.25, 0.3) is 5.78 Å². The van der Waals surface area contributed by atoms with E-state index in [2.05, 4.69) is 49.2 Å². The molecule has 3 heterocycles. The van der Waals surface area contributed by atoms with Crippen LogP contribution in [0.1, 0.15) is 0 Å². The molecule has 2 aromatic carbocycles. The summed E-state index contributed by atoms with van der Waals surface area (Å²) < 4.78 is 6.91. The minimum atomic E-state index is 0.290. The zero-order valence-electron chi connectivity index (χ0n) is 19.2. The minimum absolute atomic E-state index is 0.290. The number of aromatic nitrogens is 5. The molecule has 5 rings (SSSR count). The van der Waals surface area contributed by atoms with Crippen molar-refractivity contribution >= 4 is 45.6 Å². The molecule has 0 spiro atoms. The molecule has 0 atom stereocenters. The lowest BCUT2D eigenvalue weighted by Gasteiger charge is -2.21. The van der Waals surface area contributed by atoms with Gasteiger partial charge in [-0.2, -0.15) is 4.98 Å². The van der Waals surface area contributed by atoms with E-state index in [0.29, 0.717) is 17.7 Å². The van der Waals surface area contributed by atoms with E-state index in [-0.39, 0.29) is 0 Å². The fourth-order valence-corrected chi connectivity index (χ4v) is 4.15. The lowest BCUT2D eigenvalue weighted by molar-refractivity contribution is 0.206. The highest BCUT2D eigenvalue weighted by atomic mass is 35.5. The van der Waals surface area contributed by atoms with Crippen molar-refractivity contribution in [3.05, 3.63) is 72.1 Å². The highest BCUT2D eigenvalue weighted by Gasteiger charge is 2.17. The van der Waals surface area contributed by atoms with E-state index in [0.717, 1.165) is 45.9 Å². The molecular weight excluding hydrogens is 450 g/mol. The zero-order chi connectivity index (χ0) is 23.7. The number of nitrogens with zero attached hydrogens (tertiary/aromatic N) is 7. The minimum Gasteiger partial charge on any atom is -0.383 e. The second-order valence-corrected chi connectivity index (χ2v) is 8.32. The molecule has 0 fully saturated rings. The fraction of sp³-hybridized carbons (Fsp3) is 0.200. The molecule has 0 unspecified atom stereocenters. The van der Waals surface area contributed by atoms with E-state index in [1.165, 1.54) is 0 Å². The number of pyridine rings is 1. The van der Waals surface area contributed by atoms with Crippen LogP contribution < -0.4 is 9.80 Å². The standard InChI is InChI=1S/C25H24ClN7O/c1-31(13-14-34-3)22-12-11-18(16-27-22)17-7-6-8-19(15-17)32(2)23-20-9-4-5-10-21(20)33-24(26)29-30-25(33)28-23/h4-12,15-16H,13-14H2,1-3H3. The summed E-state index contributed by atoms with van der Waals surface area (Å²) in [6.45, 7) is 1.44. The molecule has 0 aliphatic carbocycles. The summed E-state index contributed by atoms with van der Waals surface area (Å²) in [5.41, 5.74) is 4.00. The second kappa shape index (κ2) is 9.24. The monoisotopic (exact) mass is 473 g/mol. The molecule has 0 saturated carbocycles. The molecule has 0 saturated heterocycles. The normalized spacial score (nSPS) is 11.3. The van der Waals surface area contributed by atoms with Crippen LogP contribution in [0.15, 0.2) is 66.9 Å². The van der Waals surface area contributed by atoms with Crippen molar-refractivity contribution in [3.8, 4) is 11.1 Å². The van der Waals surface area contributed by atoms with Crippen molar-refractivity contribution in [1.29, 1.82) is 0 Å². The van der Waals surface area contributed by atoms with Gasteiger partial charge in [-0.25, -0.2) is 9.38 Å². The third kappa shape index (κ3) is 4.02. The molecule has 0 N–H and O–H groups in total. The Morgan fingerprint density at radius 1 is 0.971 bits per heavy atom. The quantitative estimate of drug-likeness (QED) is 0.335. The molecule has 0 bridgehead atoms. The summed E-state index contributed by atoms with van der Waals surface area (Å²) in [5.74, 6) is 2.14. The molecule has 0 aliphatic rings. The number of hydrogen-bond acceptors (Lipinski definition) is 7. The van der Waals surface area contributed by atoms with Crippen LogP contribution in [0.3, 0.4) is 0 Å². The lowest BCUT2D eigenvalue weighted by Crippen LogP contribution is -2.22. The number of anilines is 3. The average molecular weight is 474 g/mol. The van der Waals surface area contributed by atoms with E-state index in [1.54, 1.807) is 11.5 Å². The van der Waals surface area contributed by atoms with E-state index in [9.17, 15) is 0 Å². The van der Waals surface area contributed by atoms with Gasteiger partial charge in [0.2, 0.25) is 5.28 Å². The topological polar surface area (TPSA) is 71.7 Å². The van der Waals surface area contributed by atoms with Crippen LogP contribution >= 0.6 is 11.6 Å². The Hall–Kier alpha value is -3.75. The summed E-state index contributed by atoms with van der Waals surface area (Å²) in [6.07, 6.45) is 1.90. The van der Waals surface area contributed by atoms with E-state index in [4.69, 9.17) is 21.3 Å². The van der Waals surface area contributed by atoms with E-state index in [1.807, 2.05) is 56.7 Å². The van der Waals surface area contributed by atoms with Crippen molar-refractivity contribution in [3.63, 3.8) is 0 Å². The van der Waals surface area contributed by atoms with Gasteiger partial charge in [-0.05, 0) is 53.6 Å². The molecule has 34 heavy (non-hydrogen) atoms. The Bertz CT molecular complexity index is 1450. The lowest BCUT2D eigenvalue weighted by atomic mass is 10.1. The van der Waals surface area contributed by atoms with Crippen molar-refractivity contribution < 1.29 is 4.74 Å². The van der Waals surface area contributed by atoms with Gasteiger partial charge in [0.05, 0.1) is 12.1 Å². The Kier molecular flexibility index (Phi) is 6.00. The smallest absolute Gasteiger partial charge is 0.258 e. The van der Waals surface area contributed by atoms with Gasteiger partial charge in [0.1, 0.15) is 11.6 Å². The summed E-state index contributed by atoms with van der Waals surface area (Å²) in [4.78, 5) is 13.5. The maximum absolute atomic E-state index is 6.27. The van der Waals surface area contributed by atoms with Gasteiger partial charge in [-0.15, -0.1) is 10.2 Å². The average Bonchev–Trinajstić information content (AvgIpc) is 3.27. The van der Waals surface area contributed by atoms with Gasteiger partial charge in [0.15, 0.2) is 0 Å². The number of ether oxygens (including phenoxy) is 1. The molecule has 3 aromatic heterocycles. The first-order valence-corrected chi connectivity index (χ1v) is 11.2. The summed E-state index contributed by atoms with van der Waals surface area (Å²) in [5, 5.41) is 9.37. The highest BCUT2D eigenvalue weighted by molar-refractivity contribution is 6.29. The van der Waals surface area contributed by atoms with Gasteiger partial charge in [-0.3, -0.25) is 0 Å². The van der Waals surface area contributed by atoms with Crippen molar-refractivity contribution in [2.45, 2.75) is 0 Å². The molecule has 0 radical (unpaired) electrons. The first-order valence-electron chi connectivity index (χ1n) is 10.9. The molecule has 8 nitrogen and oxygen atoms in total. The Morgan fingerprint density at radius 2 is 1.82 bits per heavy atom. The van der Waals surface area contributed by atoms with Crippen molar-refractivity contribution in [2.24, 2.45) is 0 Å². The summed E-state index contributed by atoms with van der Waals surface area (Å²) >= 11 is 6.27. The SMILES string of the molecule is COCCN(C)c1ccc(-c2cccc(N(C)c3nc4nnc(Cl)n4c4ccccc34)c2)cn1. The van der Waals surface area contributed by atoms with Crippen molar-refractivity contribution in [2.75, 3.05) is 44.2 Å². The maximum atomic E-state index is 6.27. The van der Waals surface area contributed by atoms with Crippen LogP contribution in [0.4, 0.5) is 17.3 Å². The maximum Gasteiger partial charge on any atom is 0.258 e. The molecule has 9 heteroatoms. The molecule has 0 aliphatic heterocycles. The predicted octanol–water partition coefficient (Wildman–Crippen LogP) is 4.84. The molecule has 0 amide bonds. The number of methoxy groups -OCH3 is 1. The first kappa shape index (κ1) is 22.1. The number of para-hydroxylation sites is 1. The third-order valence-corrected chi connectivity index (χ3v) is 6.10. The van der Waals surface area contributed by atoms with E-state index >= 15 is 0 Å². The number of benzene rings is 2. The summed E-state index contributed by atoms with van der Waals surface area (Å²) in [6, 6.07) is 20.4. The van der Waals surface area contributed by atoms with Crippen LogP contribution in [0.2, 0.25) is 5.28 Å². The number of rotatable bonds is 7. The van der Waals surface area contributed by atoms with Gasteiger partial charge in [0, 0.05) is 50.6 Å². The Balaban J connectivity index is 1.50. The predicted molar refractivity (Wildman–Crippen MR) is 136 cm³/mol. The molecular formula is C25H24ClN7O. The van der Waals surface area contributed by atoms with Gasteiger partial charge < -0.3 is 14.5 Å². The van der Waals surface area contributed by atoms with Crippen LogP contribution in [0.5, 0.6) is 0 Å². The van der Waals surface area contributed by atoms with Crippen LogP contribution in [-0.2, 0) is 4.74 Å². The zero-order valence-corrected chi connectivity index (χ0v) is 19.9. The van der Waals surface area contributed by atoms with Crippen LogP contribution in [-0.4, -0.2) is 58.9 Å². The van der Waals surface area contributed by atoms with Crippen LogP contribution in [0, 0.1) is 0 Å².